The first kappa shape index (κ1) is 17.6. The zero-order valence-corrected chi connectivity index (χ0v) is 11.7. The normalized spacial score (nSPS) is 12.9. The number of hydrogen-bond acceptors (Lipinski definition) is 3. The Morgan fingerprint density at radius 3 is 2.05 bits per heavy atom. The minimum atomic E-state index is -4.97. The van der Waals surface area contributed by atoms with Gasteiger partial charge >= 0.3 is 6.18 Å². The minimum Gasteiger partial charge on any atom is -0.399 e. The van der Waals surface area contributed by atoms with Crippen molar-refractivity contribution in [2.45, 2.75) is 24.4 Å². The average molecular weight is 332 g/mol. The summed E-state index contributed by atoms with van der Waals surface area (Å²) >= 11 is 0. The predicted octanol–water partition coefficient (Wildman–Crippen LogP) is 2.51. The lowest BCUT2D eigenvalue weighted by molar-refractivity contribution is -0.136. The van der Waals surface area contributed by atoms with Crippen LogP contribution in [0.2, 0.25) is 0 Å². The summed E-state index contributed by atoms with van der Waals surface area (Å²) in [6.07, 6.45) is -4.78. The lowest BCUT2D eigenvalue weighted by atomic mass is 10.3. The third-order valence-corrected chi connectivity index (χ3v) is 4.34. The summed E-state index contributed by atoms with van der Waals surface area (Å²) in [6.45, 7) is -0.911. The number of halogens is 5. The second kappa shape index (κ2) is 6.14. The van der Waals surface area contributed by atoms with Gasteiger partial charge in [0.2, 0.25) is 10.0 Å². The highest BCUT2D eigenvalue weighted by atomic mass is 32.2. The molecule has 0 heterocycles. The van der Waals surface area contributed by atoms with Crippen molar-refractivity contribution in [3.63, 3.8) is 0 Å². The molecule has 0 saturated carbocycles. The highest BCUT2D eigenvalue weighted by Gasteiger charge is 2.39. The maximum Gasteiger partial charge on any atom is 0.402 e. The standard InChI is InChI=1S/C11H13F5N2O2S/c1-2-3-18(6-11(14,15)16)21(19,20)10-8(12)4-7(17)5-9(10)13/h4-5H,2-3,6,17H2,1H3. The summed E-state index contributed by atoms with van der Waals surface area (Å²) in [5.41, 5.74) is 4.77. The first-order valence-corrected chi connectivity index (χ1v) is 7.24. The molecule has 2 N–H and O–H groups in total. The van der Waals surface area contributed by atoms with E-state index in [0.717, 1.165) is 0 Å². The summed E-state index contributed by atoms with van der Waals surface area (Å²) in [4.78, 5) is -1.44. The van der Waals surface area contributed by atoms with Gasteiger partial charge in [-0.25, -0.2) is 17.2 Å². The molecule has 0 aliphatic rings. The summed E-state index contributed by atoms with van der Waals surface area (Å²) in [5.74, 6) is -3.06. The van der Waals surface area contributed by atoms with E-state index < -0.39 is 45.8 Å². The monoisotopic (exact) mass is 332 g/mol. The lowest BCUT2D eigenvalue weighted by Gasteiger charge is -2.23. The van der Waals surface area contributed by atoms with Gasteiger partial charge in [0.1, 0.15) is 18.2 Å². The molecule has 0 unspecified atom stereocenters. The van der Waals surface area contributed by atoms with Crippen LogP contribution in [0.15, 0.2) is 17.0 Å². The van der Waals surface area contributed by atoms with Gasteiger partial charge in [-0.1, -0.05) is 6.92 Å². The number of nitrogens with two attached hydrogens (primary N) is 1. The van der Waals surface area contributed by atoms with Gasteiger partial charge in [-0.05, 0) is 18.6 Å². The largest absolute Gasteiger partial charge is 0.402 e. The van der Waals surface area contributed by atoms with Gasteiger partial charge in [-0.15, -0.1) is 0 Å². The molecule has 0 aliphatic carbocycles. The molecule has 0 atom stereocenters. The highest BCUT2D eigenvalue weighted by molar-refractivity contribution is 7.89. The summed E-state index contributed by atoms with van der Waals surface area (Å²) in [5, 5.41) is 0. The molecule has 4 nitrogen and oxygen atoms in total. The molecule has 21 heavy (non-hydrogen) atoms. The van der Waals surface area contributed by atoms with E-state index in [1.807, 2.05) is 0 Å². The van der Waals surface area contributed by atoms with Crippen molar-refractivity contribution in [1.82, 2.24) is 4.31 Å². The lowest BCUT2D eigenvalue weighted by Crippen LogP contribution is -2.40. The molecular formula is C11H13F5N2O2S. The van der Waals surface area contributed by atoms with E-state index in [1.165, 1.54) is 6.92 Å². The smallest absolute Gasteiger partial charge is 0.399 e. The first-order chi connectivity index (χ1) is 9.49. The first-order valence-electron chi connectivity index (χ1n) is 5.80. The third kappa shape index (κ3) is 4.27. The van der Waals surface area contributed by atoms with Crippen molar-refractivity contribution in [2.24, 2.45) is 0 Å². The van der Waals surface area contributed by atoms with Crippen LogP contribution in [-0.4, -0.2) is 32.0 Å². The number of nitrogens with zero attached hydrogens (tertiary/aromatic N) is 1. The molecule has 10 heteroatoms. The fourth-order valence-electron chi connectivity index (χ4n) is 1.69. The summed E-state index contributed by atoms with van der Waals surface area (Å²) in [6, 6.07) is 1.07. The Bertz CT molecular complexity index is 593. The van der Waals surface area contributed by atoms with Crippen molar-refractivity contribution in [3.05, 3.63) is 23.8 Å². The third-order valence-electron chi connectivity index (χ3n) is 2.45. The van der Waals surface area contributed by atoms with E-state index in [-0.39, 0.29) is 16.4 Å². The Labute approximate surface area is 118 Å². The molecule has 0 aromatic heterocycles. The number of alkyl halides is 3. The van der Waals surface area contributed by atoms with E-state index in [9.17, 15) is 30.4 Å². The van der Waals surface area contributed by atoms with Crippen molar-refractivity contribution >= 4 is 15.7 Å². The second-order valence-corrected chi connectivity index (χ2v) is 6.14. The van der Waals surface area contributed by atoms with Gasteiger partial charge in [0.15, 0.2) is 4.90 Å². The minimum absolute atomic E-state index is 0.00924. The summed E-state index contributed by atoms with van der Waals surface area (Å²) < 4.78 is 88.7. The Balaban J connectivity index is 3.36. The van der Waals surface area contributed by atoms with Crippen LogP contribution in [0.4, 0.5) is 27.6 Å². The predicted molar refractivity (Wildman–Crippen MR) is 65.9 cm³/mol. The molecule has 0 bridgehead atoms. The van der Waals surface area contributed by atoms with Crippen molar-refractivity contribution in [2.75, 3.05) is 18.8 Å². The van der Waals surface area contributed by atoms with Gasteiger partial charge < -0.3 is 5.73 Å². The van der Waals surface area contributed by atoms with Gasteiger partial charge in [0.05, 0.1) is 0 Å². The number of rotatable bonds is 5. The van der Waals surface area contributed by atoms with Crippen LogP contribution >= 0.6 is 0 Å². The molecule has 1 aromatic rings. The molecule has 0 saturated heterocycles. The maximum atomic E-state index is 13.6. The average Bonchev–Trinajstić information content (AvgIpc) is 2.24. The zero-order chi connectivity index (χ0) is 16.4. The van der Waals surface area contributed by atoms with Crippen LogP contribution in [0.3, 0.4) is 0 Å². The van der Waals surface area contributed by atoms with Crippen LogP contribution in [0, 0.1) is 11.6 Å². The topological polar surface area (TPSA) is 63.4 Å². The van der Waals surface area contributed by atoms with Crippen LogP contribution in [0.5, 0.6) is 0 Å². The fraction of sp³-hybridized carbons (Fsp3) is 0.455. The van der Waals surface area contributed by atoms with Crippen LogP contribution in [0.1, 0.15) is 13.3 Å². The van der Waals surface area contributed by atoms with Crippen molar-refractivity contribution in [1.29, 1.82) is 0 Å². The highest BCUT2D eigenvalue weighted by Crippen LogP contribution is 2.27. The SMILES string of the molecule is CCCN(CC(F)(F)F)S(=O)(=O)c1c(F)cc(N)cc1F. The molecule has 120 valence electrons. The second-order valence-electron chi connectivity index (χ2n) is 4.27. The molecule has 1 aromatic carbocycles. The number of anilines is 1. The number of benzene rings is 1. The van der Waals surface area contributed by atoms with Gasteiger partial charge in [-0.3, -0.25) is 0 Å². The Morgan fingerprint density at radius 2 is 1.67 bits per heavy atom. The quantitative estimate of drug-likeness (QED) is 0.666. The van der Waals surface area contributed by atoms with Crippen molar-refractivity contribution in [3.8, 4) is 0 Å². The Hall–Kier alpha value is -1.42. The molecule has 1 rings (SSSR count). The van der Waals surface area contributed by atoms with E-state index in [0.29, 0.717) is 12.1 Å². The summed E-state index contributed by atoms with van der Waals surface area (Å²) in [7, 11) is -4.97. The molecule has 0 aliphatic heterocycles. The molecule has 0 amide bonds. The van der Waals surface area contributed by atoms with Gasteiger partial charge in [-0.2, -0.15) is 17.5 Å². The molecule has 0 fully saturated rings. The molecular weight excluding hydrogens is 319 g/mol. The number of sulfonamides is 1. The Morgan fingerprint density at radius 1 is 1.19 bits per heavy atom. The fourth-order valence-corrected chi connectivity index (χ4v) is 3.30. The number of hydrogen-bond donors (Lipinski definition) is 1. The molecule has 0 spiro atoms. The van der Waals surface area contributed by atoms with Crippen LogP contribution in [-0.2, 0) is 10.0 Å². The van der Waals surface area contributed by atoms with E-state index in [4.69, 9.17) is 5.73 Å². The van der Waals surface area contributed by atoms with Crippen LogP contribution < -0.4 is 5.73 Å². The van der Waals surface area contributed by atoms with E-state index in [1.54, 1.807) is 0 Å². The molecule has 0 radical (unpaired) electrons. The van der Waals surface area contributed by atoms with Gasteiger partial charge in [0.25, 0.3) is 0 Å². The number of nitrogen functional groups attached to an aromatic ring is 1. The van der Waals surface area contributed by atoms with Crippen molar-refractivity contribution < 1.29 is 30.4 Å². The van der Waals surface area contributed by atoms with E-state index in [2.05, 4.69) is 0 Å². The maximum absolute atomic E-state index is 13.6. The zero-order valence-electron chi connectivity index (χ0n) is 10.9. The van der Waals surface area contributed by atoms with Crippen LogP contribution in [0.25, 0.3) is 0 Å². The Kier molecular flexibility index (Phi) is 5.16. The van der Waals surface area contributed by atoms with E-state index >= 15 is 0 Å². The van der Waals surface area contributed by atoms with Gasteiger partial charge in [0, 0.05) is 12.2 Å².